The normalized spacial score (nSPS) is 29.2. The van der Waals surface area contributed by atoms with E-state index in [9.17, 15) is 19.5 Å². The first-order valence-corrected chi connectivity index (χ1v) is 8.49. The zero-order chi connectivity index (χ0) is 18.0. The molecule has 0 unspecified atom stereocenters. The molecule has 3 atom stereocenters. The van der Waals surface area contributed by atoms with Crippen LogP contribution < -0.4 is 4.74 Å². The van der Waals surface area contributed by atoms with Crippen molar-refractivity contribution in [3.8, 4) is 5.75 Å². The van der Waals surface area contributed by atoms with E-state index >= 15 is 0 Å². The van der Waals surface area contributed by atoms with E-state index in [-0.39, 0.29) is 5.78 Å². The highest BCUT2D eigenvalue weighted by Gasteiger charge is 2.88. The van der Waals surface area contributed by atoms with Crippen molar-refractivity contribution >= 4 is 33.7 Å². The Balaban J connectivity index is 1.90. The van der Waals surface area contributed by atoms with Crippen LogP contribution in [0.5, 0.6) is 5.75 Å². The molecule has 1 fully saturated rings. The molecule has 1 N–H and O–H groups in total. The molecule has 5 nitrogen and oxygen atoms in total. The molecular weight excluding hydrogens is 388 g/mol. The minimum atomic E-state index is -1.88. The lowest BCUT2D eigenvalue weighted by molar-refractivity contribution is -0.157. The van der Waals surface area contributed by atoms with Crippen LogP contribution in [0, 0.1) is 10.8 Å². The SMILES string of the molecule is C[C@]1(C(=O)c2ccc(Br)cc2)[C@@H]2c3ccccc3OC(=O)[C@@]21C(=O)O. The van der Waals surface area contributed by atoms with Gasteiger partial charge < -0.3 is 9.84 Å². The summed E-state index contributed by atoms with van der Waals surface area (Å²) >= 11 is 3.31. The lowest BCUT2D eigenvalue weighted by Gasteiger charge is -2.20. The molecule has 126 valence electrons. The lowest BCUT2D eigenvalue weighted by Crippen LogP contribution is -2.38. The van der Waals surface area contributed by atoms with Gasteiger partial charge in [-0.15, -0.1) is 0 Å². The van der Waals surface area contributed by atoms with Gasteiger partial charge in [-0.2, -0.15) is 0 Å². The molecule has 0 radical (unpaired) electrons. The van der Waals surface area contributed by atoms with Gasteiger partial charge in [0.05, 0.1) is 5.41 Å². The van der Waals surface area contributed by atoms with E-state index in [4.69, 9.17) is 4.74 Å². The number of benzene rings is 2. The summed E-state index contributed by atoms with van der Waals surface area (Å²) in [7, 11) is 0. The van der Waals surface area contributed by atoms with Crippen LogP contribution in [0.2, 0.25) is 0 Å². The van der Waals surface area contributed by atoms with Crippen molar-refractivity contribution in [2.75, 3.05) is 0 Å². The minimum absolute atomic E-state index is 0.321. The summed E-state index contributed by atoms with van der Waals surface area (Å²) < 4.78 is 6.08. The van der Waals surface area contributed by atoms with E-state index in [0.29, 0.717) is 16.9 Å². The molecule has 0 saturated heterocycles. The van der Waals surface area contributed by atoms with Gasteiger partial charge in [0.1, 0.15) is 5.75 Å². The molecule has 0 aromatic heterocycles. The number of rotatable bonds is 3. The maximum Gasteiger partial charge on any atom is 0.330 e. The van der Waals surface area contributed by atoms with E-state index in [1.54, 1.807) is 55.5 Å². The second-order valence-corrected chi connectivity index (χ2v) is 7.43. The highest BCUT2D eigenvalue weighted by molar-refractivity contribution is 9.10. The van der Waals surface area contributed by atoms with Crippen LogP contribution >= 0.6 is 15.9 Å². The van der Waals surface area contributed by atoms with Crippen molar-refractivity contribution in [1.82, 2.24) is 0 Å². The molecule has 1 heterocycles. The summed E-state index contributed by atoms with van der Waals surface area (Å²) in [5.74, 6) is -3.00. The molecule has 1 aliphatic carbocycles. The fraction of sp³-hybridized carbons (Fsp3) is 0.211. The molecule has 1 saturated carbocycles. The van der Waals surface area contributed by atoms with Crippen LogP contribution in [0.15, 0.2) is 53.0 Å². The minimum Gasteiger partial charge on any atom is -0.480 e. The number of hydrogen-bond acceptors (Lipinski definition) is 4. The monoisotopic (exact) mass is 400 g/mol. The number of fused-ring (bicyclic) bond motifs is 3. The second kappa shape index (κ2) is 5.02. The Labute approximate surface area is 151 Å². The zero-order valence-corrected chi connectivity index (χ0v) is 14.7. The number of ether oxygens (including phenoxy) is 1. The van der Waals surface area contributed by atoms with Crippen molar-refractivity contribution in [3.63, 3.8) is 0 Å². The number of carboxylic acid groups (broad SMARTS) is 1. The maximum atomic E-state index is 13.2. The van der Waals surface area contributed by atoms with Crippen LogP contribution in [0.1, 0.15) is 28.8 Å². The summed E-state index contributed by atoms with van der Waals surface area (Å²) in [5, 5.41) is 9.85. The topological polar surface area (TPSA) is 80.7 Å². The Morgan fingerprint density at radius 3 is 2.40 bits per heavy atom. The molecule has 1 aliphatic heterocycles. The summed E-state index contributed by atoms with van der Waals surface area (Å²) in [6.45, 7) is 1.54. The van der Waals surface area contributed by atoms with Crippen molar-refractivity contribution in [3.05, 3.63) is 64.1 Å². The molecule has 2 aromatic carbocycles. The summed E-state index contributed by atoms with van der Waals surface area (Å²) in [6, 6.07) is 13.4. The van der Waals surface area contributed by atoms with E-state index in [0.717, 1.165) is 4.47 Å². The Bertz CT molecular complexity index is 935. The van der Waals surface area contributed by atoms with Crippen LogP contribution in [0.3, 0.4) is 0 Å². The number of carbonyl (C=O) groups excluding carboxylic acids is 2. The Morgan fingerprint density at radius 1 is 1.12 bits per heavy atom. The molecule has 0 amide bonds. The zero-order valence-electron chi connectivity index (χ0n) is 13.2. The first-order chi connectivity index (χ1) is 11.8. The third-order valence-corrected chi connectivity index (χ3v) is 5.94. The molecule has 0 bridgehead atoms. The summed E-state index contributed by atoms with van der Waals surface area (Å²) in [4.78, 5) is 37.9. The number of Topliss-reactive ketones (excluding diaryl/α,β-unsaturated/α-hetero) is 1. The molecule has 4 rings (SSSR count). The standard InChI is InChI=1S/C19H13BrO5/c1-18(15(21)10-6-8-11(20)9-7-10)14-12-4-2-3-5-13(12)25-17(24)19(14,18)16(22)23/h2-9,14H,1H3,(H,22,23)/t14-,18+,19-/m0/s1. The number of esters is 1. The highest BCUT2D eigenvalue weighted by Crippen LogP contribution is 2.78. The van der Waals surface area contributed by atoms with E-state index in [2.05, 4.69) is 15.9 Å². The van der Waals surface area contributed by atoms with Crippen molar-refractivity contribution in [2.45, 2.75) is 12.8 Å². The average Bonchev–Trinajstić information content (AvgIpc) is 3.19. The Hall–Kier alpha value is -2.47. The van der Waals surface area contributed by atoms with Crippen molar-refractivity contribution in [1.29, 1.82) is 0 Å². The summed E-state index contributed by atoms with van der Waals surface area (Å²) in [6.07, 6.45) is 0. The largest absolute Gasteiger partial charge is 0.480 e. The van der Waals surface area contributed by atoms with Gasteiger partial charge in [-0.05, 0) is 25.1 Å². The maximum absolute atomic E-state index is 13.2. The van der Waals surface area contributed by atoms with Gasteiger partial charge in [0, 0.05) is 21.5 Å². The molecule has 2 aromatic rings. The predicted molar refractivity (Wildman–Crippen MR) is 91.5 cm³/mol. The van der Waals surface area contributed by atoms with Crippen LogP contribution in [-0.2, 0) is 9.59 Å². The fourth-order valence-electron chi connectivity index (χ4n) is 4.13. The lowest BCUT2D eigenvalue weighted by atomic mass is 9.87. The molecular formula is C19H13BrO5. The van der Waals surface area contributed by atoms with Crippen LogP contribution in [-0.4, -0.2) is 22.8 Å². The molecule has 0 spiro atoms. The van der Waals surface area contributed by atoms with Crippen LogP contribution in [0.25, 0.3) is 0 Å². The highest BCUT2D eigenvalue weighted by atomic mass is 79.9. The van der Waals surface area contributed by atoms with E-state index in [1.807, 2.05) is 0 Å². The van der Waals surface area contributed by atoms with Gasteiger partial charge in [-0.1, -0.05) is 46.3 Å². The van der Waals surface area contributed by atoms with E-state index in [1.165, 1.54) is 0 Å². The van der Waals surface area contributed by atoms with Gasteiger partial charge >= 0.3 is 11.9 Å². The molecule has 6 heteroatoms. The number of carbonyl (C=O) groups is 3. The quantitative estimate of drug-likeness (QED) is 0.369. The number of carboxylic acids is 1. The number of para-hydroxylation sites is 1. The van der Waals surface area contributed by atoms with E-state index < -0.39 is 28.7 Å². The van der Waals surface area contributed by atoms with Crippen LogP contribution in [0.4, 0.5) is 0 Å². The number of hydrogen-bond donors (Lipinski definition) is 1. The van der Waals surface area contributed by atoms with Gasteiger partial charge in [0.2, 0.25) is 0 Å². The van der Waals surface area contributed by atoms with Gasteiger partial charge in [-0.3, -0.25) is 14.4 Å². The molecule has 2 aliphatic rings. The molecule has 25 heavy (non-hydrogen) atoms. The third-order valence-electron chi connectivity index (χ3n) is 5.42. The first kappa shape index (κ1) is 16.0. The fourth-order valence-corrected chi connectivity index (χ4v) is 4.39. The number of ketones is 1. The van der Waals surface area contributed by atoms with Crippen molar-refractivity contribution in [2.24, 2.45) is 10.8 Å². The van der Waals surface area contributed by atoms with Gasteiger partial charge in [0.15, 0.2) is 11.2 Å². The third kappa shape index (κ3) is 1.80. The van der Waals surface area contributed by atoms with Crippen molar-refractivity contribution < 1.29 is 24.2 Å². The van der Waals surface area contributed by atoms with Gasteiger partial charge in [0.25, 0.3) is 0 Å². The predicted octanol–water partition coefficient (Wildman–Crippen LogP) is 3.43. The second-order valence-electron chi connectivity index (χ2n) is 6.51. The Morgan fingerprint density at radius 2 is 1.76 bits per heavy atom. The number of aliphatic carboxylic acids is 1. The Kier molecular flexibility index (Phi) is 3.22. The first-order valence-electron chi connectivity index (χ1n) is 7.70. The van der Waals surface area contributed by atoms with Gasteiger partial charge in [-0.25, -0.2) is 0 Å². The number of halogens is 1. The smallest absolute Gasteiger partial charge is 0.330 e. The summed E-state index contributed by atoms with van der Waals surface area (Å²) in [5.41, 5.74) is -2.33. The average molecular weight is 401 g/mol.